The molecule has 0 fully saturated rings. The number of nitrogens with zero attached hydrogens (tertiary/aromatic N) is 3. The predicted molar refractivity (Wildman–Crippen MR) is 92.1 cm³/mol. The van der Waals surface area contributed by atoms with Crippen molar-refractivity contribution >= 4 is 5.69 Å². The van der Waals surface area contributed by atoms with Crippen molar-refractivity contribution in [3.8, 4) is 17.1 Å². The topological polar surface area (TPSA) is 51.4 Å². The van der Waals surface area contributed by atoms with Gasteiger partial charge >= 0.3 is 0 Å². The quantitative estimate of drug-likeness (QED) is 0.733. The highest BCUT2D eigenvalue weighted by molar-refractivity contribution is 5.63. The van der Waals surface area contributed by atoms with Gasteiger partial charge in [-0.3, -0.25) is 0 Å². The summed E-state index contributed by atoms with van der Waals surface area (Å²) < 4.78 is 10.9. The fraction of sp³-hybridized carbons (Fsp3) is 0.263. The van der Waals surface area contributed by atoms with Crippen molar-refractivity contribution in [3.63, 3.8) is 0 Å². The molecule has 5 heteroatoms. The highest BCUT2D eigenvalue weighted by atomic mass is 16.5. The molecule has 0 spiro atoms. The SMILES string of the molecule is COc1ccccc1-c1noc(CN2c3ccccc3C[C@@H]2C)n1. The van der Waals surface area contributed by atoms with Gasteiger partial charge in [0.15, 0.2) is 0 Å². The first-order valence-corrected chi connectivity index (χ1v) is 8.07. The summed E-state index contributed by atoms with van der Waals surface area (Å²) in [5.41, 5.74) is 3.46. The predicted octanol–water partition coefficient (Wildman–Crippen LogP) is 3.70. The third kappa shape index (κ3) is 2.52. The second-order valence-electron chi connectivity index (χ2n) is 6.02. The van der Waals surface area contributed by atoms with E-state index in [1.807, 2.05) is 24.3 Å². The summed E-state index contributed by atoms with van der Waals surface area (Å²) >= 11 is 0. The molecule has 24 heavy (non-hydrogen) atoms. The second-order valence-corrected chi connectivity index (χ2v) is 6.02. The number of ether oxygens (including phenoxy) is 1. The van der Waals surface area contributed by atoms with E-state index < -0.39 is 0 Å². The zero-order valence-corrected chi connectivity index (χ0v) is 13.8. The highest BCUT2D eigenvalue weighted by Gasteiger charge is 2.27. The van der Waals surface area contributed by atoms with E-state index in [-0.39, 0.29) is 0 Å². The van der Waals surface area contributed by atoms with E-state index >= 15 is 0 Å². The summed E-state index contributed by atoms with van der Waals surface area (Å²) in [5, 5.41) is 4.13. The van der Waals surface area contributed by atoms with Crippen LogP contribution in [-0.2, 0) is 13.0 Å². The molecule has 2 heterocycles. The Labute approximate surface area is 140 Å². The highest BCUT2D eigenvalue weighted by Crippen LogP contribution is 2.33. The van der Waals surface area contributed by atoms with Crippen LogP contribution in [0.5, 0.6) is 5.75 Å². The average molecular weight is 321 g/mol. The molecule has 0 aliphatic carbocycles. The lowest BCUT2D eigenvalue weighted by atomic mass is 10.1. The van der Waals surface area contributed by atoms with E-state index in [9.17, 15) is 0 Å². The molecule has 5 nitrogen and oxygen atoms in total. The Morgan fingerprint density at radius 2 is 1.96 bits per heavy atom. The van der Waals surface area contributed by atoms with Crippen LogP contribution in [0.25, 0.3) is 11.4 Å². The molecule has 0 saturated heterocycles. The van der Waals surface area contributed by atoms with Gasteiger partial charge in [0.2, 0.25) is 11.7 Å². The number of fused-ring (bicyclic) bond motifs is 1. The molecule has 0 saturated carbocycles. The van der Waals surface area contributed by atoms with Crippen molar-refractivity contribution in [2.75, 3.05) is 12.0 Å². The summed E-state index contributed by atoms with van der Waals surface area (Å²) in [4.78, 5) is 6.87. The summed E-state index contributed by atoms with van der Waals surface area (Å²) in [6.07, 6.45) is 1.05. The molecule has 2 aromatic carbocycles. The van der Waals surface area contributed by atoms with Crippen molar-refractivity contribution in [2.24, 2.45) is 0 Å². The van der Waals surface area contributed by atoms with Crippen molar-refractivity contribution in [3.05, 3.63) is 60.0 Å². The van der Waals surface area contributed by atoms with Crippen LogP contribution in [0.4, 0.5) is 5.69 Å². The largest absolute Gasteiger partial charge is 0.496 e. The first-order chi connectivity index (χ1) is 11.8. The third-order valence-electron chi connectivity index (χ3n) is 4.47. The van der Waals surface area contributed by atoms with Gasteiger partial charge in [-0.25, -0.2) is 0 Å². The summed E-state index contributed by atoms with van der Waals surface area (Å²) in [6.45, 7) is 2.83. The van der Waals surface area contributed by atoms with Crippen molar-refractivity contribution in [1.82, 2.24) is 10.1 Å². The van der Waals surface area contributed by atoms with Gasteiger partial charge in [-0.2, -0.15) is 4.98 Å². The molecule has 4 rings (SSSR count). The molecular formula is C19H19N3O2. The van der Waals surface area contributed by atoms with Crippen LogP contribution < -0.4 is 9.64 Å². The van der Waals surface area contributed by atoms with E-state index in [1.165, 1.54) is 11.3 Å². The maximum absolute atomic E-state index is 5.49. The Hall–Kier alpha value is -2.82. The van der Waals surface area contributed by atoms with Gasteiger partial charge in [0.25, 0.3) is 0 Å². The fourth-order valence-electron chi connectivity index (χ4n) is 3.27. The number of anilines is 1. The Kier molecular flexibility index (Phi) is 3.69. The Morgan fingerprint density at radius 1 is 1.17 bits per heavy atom. The number of hydrogen-bond acceptors (Lipinski definition) is 5. The second kappa shape index (κ2) is 6.00. The Morgan fingerprint density at radius 3 is 2.83 bits per heavy atom. The Bertz CT molecular complexity index is 859. The number of para-hydroxylation sites is 2. The standard InChI is InChI=1S/C19H19N3O2/c1-13-11-14-7-3-5-9-16(14)22(13)12-18-20-19(21-24-18)15-8-4-6-10-17(15)23-2/h3-10,13H,11-12H2,1-2H3/t13-/m0/s1. The molecule has 122 valence electrons. The van der Waals surface area contributed by atoms with Crippen LogP contribution in [0.15, 0.2) is 53.1 Å². The van der Waals surface area contributed by atoms with Crippen molar-refractivity contribution < 1.29 is 9.26 Å². The van der Waals surface area contributed by atoms with E-state index in [2.05, 4.69) is 46.2 Å². The number of rotatable bonds is 4. The smallest absolute Gasteiger partial charge is 0.246 e. The third-order valence-corrected chi connectivity index (χ3v) is 4.47. The van der Waals surface area contributed by atoms with Crippen LogP contribution >= 0.6 is 0 Å². The van der Waals surface area contributed by atoms with Gasteiger partial charge in [-0.1, -0.05) is 35.5 Å². The van der Waals surface area contributed by atoms with Crippen molar-refractivity contribution in [2.45, 2.75) is 25.9 Å². The molecular weight excluding hydrogens is 302 g/mol. The van der Waals surface area contributed by atoms with Gasteiger partial charge in [0, 0.05) is 11.7 Å². The molecule has 1 aromatic heterocycles. The maximum atomic E-state index is 5.49. The molecule has 3 aromatic rings. The number of aromatic nitrogens is 2. The zero-order chi connectivity index (χ0) is 16.5. The minimum atomic E-state index is 0.420. The molecule has 0 amide bonds. The number of methoxy groups -OCH3 is 1. The fourth-order valence-corrected chi connectivity index (χ4v) is 3.27. The summed E-state index contributed by atoms with van der Waals surface area (Å²) in [5.74, 6) is 1.91. The van der Waals surface area contributed by atoms with Crippen LogP contribution in [0, 0.1) is 0 Å². The van der Waals surface area contributed by atoms with Crippen molar-refractivity contribution in [1.29, 1.82) is 0 Å². The number of benzene rings is 2. The lowest BCUT2D eigenvalue weighted by Gasteiger charge is -2.22. The van der Waals surface area contributed by atoms with Gasteiger partial charge in [-0.15, -0.1) is 0 Å². The molecule has 1 aliphatic heterocycles. The van der Waals surface area contributed by atoms with E-state index in [4.69, 9.17) is 9.26 Å². The Balaban J connectivity index is 1.60. The summed E-state index contributed by atoms with van der Waals surface area (Å²) in [6, 6.07) is 16.6. The maximum Gasteiger partial charge on any atom is 0.246 e. The first kappa shape index (κ1) is 14.8. The lowest BCUT2D eigenvalue weighted by molar-refractivity contribution is 0.373. The molecule has 0 N–H and O–H groups in total. The van der Waals surface area contributed by atoms with E-state index in [0.29, 0.717) is 24.3 Å². The van der Waals surface area contributed by atoms with Crippen LogP contribution in [0.2, 0.25) is 0 Å². The molecule has 1 aliphatic rings. The van der Waals surface area contributed by atoms with Gasteiger partial charge in [0.1, 0.15) is 5.75 Å². The van der Waals surface area contributed by atoms with Gasteiger partial charge < -0.3 is 14.2 Å². The lowest BCUT2D eigenvalue weighted by Crippen LogP contribution is -2.28. The van der Waals surface area contributed by atoms with Crippen LogP contribution in [0.1, 0.15) is 18.4 Å². The minimum absolute atomic E-state index is 0.420. The van der Waals surface area contributed by atoms with Gasteiger partial charge in [0.05, 0.1) is 19.2 Å². The molecule has 1 atom stereocenters. The van der Waals surface area contributed by atoms with Crippen LogP contribution in [-0.4, -0.2) is 23.3 Å². The van der Waals surface area contributed by atoms with Crippen LogP contribution in [0.3, 0.4) is 0 Å². The zero-order valence-electron chi connectivity index (χ0n) is 13.8. The monoisotopic (exact) mass is 321 g/mol. The van der Waals surface area contributed by atoms with Gasteiger partial charge in [-0.05, 0) is 37.1 Å². The van der Waals surface area contributed by atoms with E-state index in [1.54, 1.807) is 7.11 Å². The van der Waals surface area contributed by atoms with E-state index in [0.717, 1.165) is 17.7 Å². The normalized spacial score (nSPS) is 16.2. The minimum Gasteiger partial charge on any atom is -0.496 e. The molecule has 0 unspecified atom stereocenters. The first-order valence-electron chi connectivity index (χ1n) is 8.07. The molecule has 0 radical (unpaired) electrons. The number of hydrogen-bond donors (Lipinski definition) is 0. The summed E-state index contributed by atoms with van der Waals surface area (Å²) in [7, 11) is 1.64. The average Bonchev–Trinajstić information content (AvgIpc) is 3.20. The molecule has 0 bridgehead atoms.